The van der Waals surface area contributed by atoms with Crippen molar-refractivity contribution < 1.29 is 14.2 Å². The fourth-order valence-electron chi connectivity index (χ4n) is 2.13. The Bertz CT molecular complexity index is 697. The molecule has 0 spiro atoms. The van der Waals surface area contributed by atoms with E-state index in [4.69, 9.17) is 14.2 Å². The van der Waals surface area contributed by atoms with Gasteiger partial charge in [-0.2, -0.15) is 0 Å². The number of imidazole rings is 1. The normalized spacial score (nSPS) is 10.6. The first kappa shape index (κ1) is 13.3. The number of rotatable bonds is 5. The first-order valence-corrected chi connectivity index (χ1v) is 6.58. The number of benzene rings is 2. The van der Waals surface area contributed by atoms with Gasteiger partial charge < -0.3 is 19.2 Å². The van der Waals surface area contributed by atoms with Gasteiger partial charge in [0.2, 0.25) is 0 Å². The van der Waals surface area contributed by atoms with E-state index in [-0.39, 0.29) is 0 Å². The summed E-state index contributed by atoms with van der Waals surface area (Å²) in [6.45, 7) is 0.378. The van der Waals surface area contributed by atoms with Gasteiger partial charge >= 0.3 is 0 Å². The van der Waals surface area contributed by atoms with Crippen molar-refractivity contribution in [2.75, 3.05) is 14.2 Å². The Labute approximate surface area is 122 Å². The number of para-hydroxylation sites is 1. The van der Waals surface area contributed by atoms with E-state index in [0.717, 1.165) is 22.6 Å². The molecule has 0 bridgehead atoms. The van der Waals surface area contributed by atoms with Crippen molar-refractivity contribution in [3.05, 3.63) is 48.3 Å². The lowest BCUT2D eigenvalue weighted by atomic mass is 10.3. The Morgan fingerprint density at radius 3 is 2.43 bits per heavy atom. The summed E-state index contributed by atoms with van der Waals surface area (Å²) in [5.41, 5.74) is 1.71. The zero-order chi connectivity index (χ0) is 14.7. The van der Waals surface area contributed by atoms with Crippen LogP contribution in [0.5, 0.6) is 17.2 Å². The number of aromatic nitrogens is 2. The average molecular weight is 284 g/mol. The molecular weight excluding hydrogens is 268 g/mol. The van der Waals surface area contributed by atoms with Crippen molar-refractivity contribution in [1.82, 2.24) is 9.97 Å². The van der Waals surface area contributed by atoms with E-state index in [0.29, 0.717) is 18.1 Å². The van der Waals surface area contributed by atoms with E-state index in [1.54, 1.807) is 14.2 Å². The number of hydrogen-bond acceptors (Lipinski definition) is 4. The predicted molar refractivity (Wildman–Crippen MR) is 80.0 cm³/mol. The standard InChI is InChI=1S/C16H16N2O3/c1-19-14-8-12-13(9-15(14)20-2)18-16(17-12)10-21-11-6-4-3-5-7-11/h3-9H,10H2,1-2H3,(H,17,18). The number of hydrogen-bond donors (Lipinski definition) is 1. The van der Waals surface area contributed by atoms with Crippen LogP contribution in [0, 0.1) is 0 Å². The lowest BCUT2D eigenvalue weighted by Crippen LogP contribution is -1.96. The largest absolute Gasteiger partial charge is 0.493 e. The van der Waals surface area contributed by atoms with E-state index in [1.807, 2.05) is 42.5 Å². The van der Waals surface area contributed by atoms with Crippen LogP contribution in [-0.4, -0.2) is 24.2 Å². The van der Waals surface area contributed by atoms with Gasteiger partial charge in [-0.3, -0.25) is 0 Å². The molecule has 5 heteroatoms. The number of nitrogens with zero attached hydrogens (tertiary/aromatic N) is 1. The van der Waals surface area contributed by atoms with Gasteiger partial charge in [-0.25, -0.2) is 4.98 Å². The molecule has 1 N–H and O–H groups in total. The quantitative estimate of drug-likeness (QED) is 0.782. The fraction of sp³-hybridized carbons (Fsp3) is 0.188. The molecule has 0 unspecified atom stereocenters. The average Bonchev–Trinajstić information content (AvgIpc) is 2.94. The summed E-state index contributed by atoms with van der Waals surface area (Å²) in [6, 6.07) is 13.4. The highest BCUT2D eigenvalue weighted by Crippen LogP contribution is 2.31. The summed E-state index contributed by atoms with van der Waals surface area (Å²) in [5.74, 6) is 2.90. The monoisotopic (exact) mass is 284 g/mol. The molecule has 0 aliphatic carbocycles. The number of H-pyrrole nitrogens is 1. The third kappa shape index (κ3) is 2.76. The third-order valence-corrected chi connectivity index (χ3v) is 3.16. The number of nitrogens with one attached hydrogen (secondary N) is 1. The molecule has 3 aromatic rings. The maximum absolute atomic E-state index is 5.68. The van der Waals surface area contributed by atoms with Gasteiger partial charge in [0.1, 0.15) is 18.2 Å². The van der Waals surface area contributed by atoms with Gasteiger partial charge in [-0.15, -0.1) is 0 Å². The molecule has 0 saturated heterocycles. The summed E-state index contributed by atoms with van der Waals surface area (Å²) in [4.78, 5) is 7.72. The minimum absolute atomic E-state index is 0.378. The highest BCUT2D eigenvalue weighted by Gasteiger charge is 2.10. The van der Waals surface area contributed by atoms with E-state index >= 15 is 0 Å². The van der Waals surface area contributed by atoms with Crippen LogP contribution in [0.3, 0.4) is 0 Å². The molecule has 2 aromatic carbocycles. The van der Waals surface area contributed by atoms with E-state index in [2.05, 4.69) is 9.97 Å². The van der Waals surface area contributed by atoms with Gasteiger partial charge in [0, 0.05) is 12.1 Å². The van der Waals surface area contributed by atoms with Crippen LogP contribution in [0.25, 0.3) is 11.0 Å². The smallest absolute Gasteiger partial charge is 0.163 e. The maximum Gasteiger partial charge on any atom is 0.163 e. The Morgan fingerprint density at radius 1 is 1.00 bits per heavy atom. The number of methoxy groups -OCH3 is 2. The summed E-state index contributed by atoms with van der Waals surface area (Å²) in [5, 5.41) is 0. The Balaban J connectivity index is 1.84. The Kier molecular flexibility index (Phi) is 3.64. The SMILES string of the molecule is COc1cc2nc(COc3ccccc3)[nH]c2cc1OC. The lowest BCUT2D eigenvalue weighted by molar-refractivity contribution is 0.297. The van der Waals surface area contributed by atoms with Crippen molar-refractivity contribution in [3.8, 4) is 17.2 Å². The summed E-state index contributed by atoms with van der Waals surface area (Å²) in [6.07, 6.45) is 0. The van der Waals surface area contributed by atoms with Crippen LogP contribution in [-0.2, 0) is 6.61 Å². The number of aromatic amines is 1. The summed E-state index contributed by atoms with van der Waals surface area (Å²) < 4.78 is 16.2. The molecule has 108 valence electrons. The molecule has 21 heavy (non-hydrogen) atoms. The summed E-state index contributed by atoms with van der Waals surface area (Å²) in [7, 11) is 3.22. The third-order valence-electron chi connectivity index (χ3n) is 3.16. The zero-order valence-electron chi connectivity index (χ0n) is 11.9. The molecule has 1 heterocycles. The molecule has 5 nitrogen and oxygen atoms in total. The molecule has 1 aromatic heterocycles. The first-order valence-electron chi connectivity index (χ1n) is 6.58. The highest BCUT2D eigenvalue weighted by atomic mass is 16.5. The van der Waals surface area contributed by atoms with Crippen molar-refractivity contribution in [1.29, 1.82) is 0 Å². The number of ether oxygens (including phenoxy) is 3. The minimum Gasteiger partial charge on any atom is -0.493 e. The molecular formula is C16H16N2O3. The first-order chi connectivity index (χ1) is 10.3. The fourth-order valence-corrected chi connectivity index (χ4v) is 2.13. The van der Waals surface area contributed by atoms with Crippen LogP contribution in [0.2, 0.25) is 0 Å². The second-order valence-corrected chi connectivity index (χ2v) is 4.51. The van der Waals surface area contributed by atoms with Crippen LogP contribution in [0.1, 0.15) is 5.82 Å². The second-order valence-electron chi connectivity index (χ2n) is 4.51. The Morgan fingerprint density at radius 2 is 1.71 bits per heavy atom. The van der Waals surface area contributed by atoms with Crippen molar-refractivity contribution >= 4 is 11.0 Å². The molecule has 0 saturated carbocycles. The lowest BCUT2D eigenvalue weighted by Gasteiger charge is -2.06. The molecule has 0 radical (unpaired) electrons. The molecule has 3 rings (SSSR count). The van der Waals surface area contributed by atoms with Gasteiger partial charge in [0.25, 0.3) is 0 Å². The minimum atomic E-state index is 0.378. The van der Waals surface area contributed by atoms with Crippen LogP contribution >= 0.6 is 0 Å². The predicted octanol–water partition coefficient (Wildman–Crippen LogP) is 3.16. The Hall–Kier alpha value is -2.69. The van der Waals surface area contributed by atoms with E-state index in [1.165, 1.54) is 0 Å². The van der Waals surface area contributed by atoms with Gasteiger partial charge in [0.05, 0.1) is 25.3 Å². The van der Waals surface area contributed by atoms with E-state index < -0.39 is 0 Å². The van der Waals surface area contributed by atoms with Crippen molar-refractivity contribution in [2.24, 2.45) is 0 Å². The molecule has 0 amide bonds. The maximum atomic E-state index is 5.68. The van der Waals surface area contributed by atoms with Gasteiger partial charge in [-0.1, -0.05) is 18.2 Å². The van der Waals surface area contributed by atoms with Crippen LogP contribution < -0.4 is 14.2 Å². The topological polar surface area (TPSA) is 56.4 Å². The summed E-state index contributed by atoms with van der Waals surface area (Å²) >= 11 is 0. The molecule has 0 aliphatic heterocycles. The number of fused-ring (bicyclic) bond motifs is 1. The molecule has 0 aliphatic rings. The van der Waals surface area contributed by atoms with Crippen LogP contribution in [0.4, 0.5) is 0 Å². The molecule has 0 fully saturated rings. The van der Waals surface area contributed by atoms with Crippen molar-refractivity contribution in [3.63, 3.8) is 0 Å². The van der Waals surface area contributed by atoms with Crippen LogP contribution in [0.15, 0.2) is 42.5 Å². The van der Waals surface area contributed by atoms with Gasteiger partial charge in [0.15, 0.2) is 11.5 Å². The van der Waals surface area contributed by atoms with Gasteiger partial charge in [-0.05, 0) is 12.1 Å². The van der Waals surface area contributed by atoms with E-state index in [9.17, 15) is 0 Å². The van der Waals surface area contributed by atoms with Crippen molar-refractivity contribution in [2.45, 2.75) is 6.61 Å². The highest BCUT2D eigenvalue weighted by molar-refractivity contribution is 5.79. The zero-order valence-corrected chi connectivity index (χ0v) is 11.9. The molecule has 0 atom stereocenters. The second kappa shape index (κ2) is 5.75.